The molecule has 1 heterocycles. The molecule has 0 aliphatic carbocycles. The summed E-state index contributed by atoms with van der Waals surface area (Å²) in [6.45, 7) is 5.68. The van der Waals surface area contributed by atoms with Crippen molar-refractivity contribution < 1.29 is 17.9 Å². The summed E-state index contributed by atoms with van der Waals surface area (Å²) in [6.07, 6.45) is -3.93. The monoisotopic (exact) mass is 261 g/mol. The van der Waals surface area contributed by atoms with E-state index in [1.807, 2.05) is 0 Å². The van der Waals surface area contributed by atoms with Crippen molar-refractivity contribution in [3.8, 4) is 5.88 Å². The number of nitrogens with zero attached hydrogens (tertiary/aromatic N) is 1. The lowest BCUT2D eigenvalue weighted by Crippen LogP contribution is -2.13. The number of anilines is 1. The number of pyridine rings is 1. The topological polar surface area (TPSA) is 60.2 Å². The number of rotatable bonds is 5. The average molecular weight is 261 g/mol. The maximum atomic E-state index is 12.6. The van der Waals surface area contributed by atoms with Gasteiger partial charge in [0.05, 0.1) is 12.2 Å². The molecule has 0 saturated carbocycles. The Hall–Kier alpha value is -1.76. The summed E-state index contributed by atoms with van der Waals surface area (Å²) < 4.78 is 42.8. The summed E-state index contributed by atoms with van der Waals surface area (Å²) >= 11 is 0. The molecule has 0 bridgehead atoms. The molecule has 0 fully saturated rings. The summed E-state index contributed by atoms with van der Waals surface area (Å²) in [5, 5.41) is 0. The lowest BCUT2D eigenvalue weighted by Gasteiger charge is -2.11. The molecule has 1 aromatic heterocycles. The maximum Gasteiger partial charge on any atom is 0.416 e. The van der Waals surface area contributed by atoms with Crippen molar-refractivity contribution in [1.82, 2.24) is 4.98 Å². The number of hydrazine groups is 1. The second-order valence-corrected chi connectivity index (χ2v) is 3.78. The number of nitrogens with one attached hydrogen (secondary N) is 1. The number of ether oxygens (including phenoxy) is 1. The molecule has 0 saturated heterocycles. The Balaban J connectivity index is 2.87. The van der Waals surface area contributed by atoms with Gasteiger partial charge < -0.3 is 10.2 Å². The second-order valence-electron chi connectivity index (χ2n) is 3.78. The van der Waals surface area contributed by atoms with Crippen molar-refractivity contribution in [2.24, 2.45) is 5.84 Å². The first-order valence-electron chi connectivity index (χ1n) is 5.16. The van der Waals surface area contributed by atoms with Crippen LogP contribution in [0.3, 0.4) is 0 Å². The van der Waals surface area contributed by atoms with E-state index in [1.54, 1.807) is 6.92 Å². The van der Waals surface area contributed by atoms with Crippen molar-refractivity contribution in [2.75, 3.05) is 12.0 Å². The number of aromatic nitrogens is 1. The third-order valence-electron chi connectivity index (χ3n) is 2.06. The molecule has 0 amide bonds. The Morgan fingerprint density at radius 3 is 2.67 bits per heavy atom. The zero-order valence-electron chi connectivity index (χ0n) is 9.84. The predicted octanol–water partition coefficient (Wildman–Crippen LogP) is 2.73. The van der Waals surface area contributed by atoms with Gasteiger partial charge >= 0.3 is 6.18 Å². The Kier molecular flexibility index (Phi) is 4.55. The van der Waals surface area contributed by atoms with Crippen LogP contribution in [0.4, 0.5) is 19.0 Å². The molecule has 4 nitrogen and oxygen atoms in total. The number of halogens is 3. The first kappa shape index (κ1) is 14.3. The van der Waals surface area contributed by atoms with Gasteiger partial charge in [0.25, 0.3) is 0 Å². The minimum absolute atomic E-state index is 0.102. The van der Waals surface area contributed by atoms with Crippen LogP contribution < -0.4 is 16.0 Å². The van der Waals surface area contributed by atoms with Crippen LogP contribution in [0.1, 0.15) is 18.9 Å². The molecule has 0 aliphatic rings. The van der Waals surface area contributed by atoms with Gasteiger partial charge in [0.1, 0.15) is 5.82 Å². The fraction of sp³-hybridized carbons (Fsp3) is 0.364. The third kappa shape index (κ3) is 4.25. The summed E-state index contributed by atoms with van der Waals surface area (Å²) in [5.74, 6) is 4.83. The van der Waals surface area contributed by atoms with Gasteiger partial charge in [-0.05, 0) is 13.0 Å². The largest absolute Gasteiger partial charge is 0.477 e. The second kappa shape index (κ2) is 5.72. The maximum absolute atomic E-state index is 12.6. The fourth-order valence-electron chi connectivity index (χ4n) is 1.15. The Bertz CT molecular complexity index is 432. The van der Waals surface area contributed by atoms with Gasteiger partial charge in [-0.15, -0.1) is 6.58 Å². The molecule has 1 aromatic rings. The highest BCUT2D eigenvalue weighted by molar-refractivity contribution is 5.41. The summed E-state index contributed by atoms with van der Waals surface area (Å²) in [5.41, 5.74) is 2.08. The van der Waals surface area contributed by atoms with Gasteiger partial charge in [-0.2, -0.15) is 18.2 Å². The van der Waals surface area contributed by atoms with Gasteiger partial charge in [-0.1, -0.05) is 5.57 Å². The van der Waals surface area contributed by atoms with E-state index in [0.717, 1.165) is 17.7 Å². The number of hydrogen-bond donors (Lipinski definition) is 2. The molecule has 100 valence electrons. The highest BCUT2D eigenvalue weighted by Crippen LogP contribution is 2.32. The van der Waals surface area contributed by atoms with E-state index in [-0.39, 0.29) is 18.3 Å². The quantitative estimate of drug-likeness (QED) is 0.486. The van der Waals surface area contributed by atoms with Gasteiger partial charge in [-0.25, -0.2) is 5.84 Å². The summed E-state index contributed by atoms with van der Waals surface area (Å²) in [7, 11) is 0. The molecule has 18 heavy (non-hydrogen) atoms. The Labute approximate surface area is 103 Å². The number of nitrogen functional groups attached to an aromatic ring is 1. The summed E-state index contributed by atoms with van der Waals surface area (Å²) in [6, 6.07) is 1.64. The molecular formula is C11H14F3N3O. The van der Waals surface area contributed by atoms with Crippen LogP contribution >= 0.6 is 0 Å². The van der Waals surface area contributed by atoms with E-state index in [4.69, 9.17) is 10.6 Å². The molecule has 0 radical (unpaired) electrons. The normalized spacial score (nSPS) is 11.2. The zero-order chi connectivity index (χ0) is 13.8. The van der Waals surface area contributed by atoms with Crippen molar-refractivity contribution in [2.45, 2.75) is 19.5 Å². The lowest BCUT2D eigenvalue weighted by atomic mass is 10.2. The minimum atomic E-state index is -4.47. The molecule has 0 aliphatic heterocycles. The van der Waals surface area contributed by atoms with E-state index >= 15 is 0 Å². The molecule has 0 atom stereocenters. The third-order valence-corrected chi connectivity index (χ3v) is 2.06. The molecule has 3 N–H and O–H groups in total. The van der Waals surface area contributed by atoms with Crippen LogP contribution in [0.15, 0.2) is 24.3 Å². The van der Waals surface area contributed by atoms with Crippen LogP contribution in [0, 0.1) is 0 Å². The average Bonchev–Trinajstić information content (AvgIpc) is 2.27. The lowest BCUT2D eigenvalue weighted by molar-refractivity contribution is -0.137. The highest BCUT2D eigenvalue weighted by atomic mass is 19.4. The van der Waals surface area contributed by atoms with Crippen LogP contribution in [0.2, 0.25) is 0 Å². The minimum Gasteiger partial charge on any atom is -0.477 e. The standard InChI is InChI=1S/C11H14F3N3O/c1-7(2)3-4-18-10-6-8(11(12,13)14)5-9(16-10)17-15/h5-6H,1,3-4,15H2,2H3,(H,16,17). The van der Waals surface area contributed by atoms with E-state index < -0.39 is 11.7 Å². The van der Waals surface area contributed by atoms with E-state index in [2.05, 4.69) is 17.0 Å². The molecular weight excluding hydrogens is 247 g/mol. The first-order chi connectivity index (χ1) is 8.32. The van der Waals surface area contributed by atoms with Gasteiger partial charge in [-0.3, -0.25) is 0 Å². The molecule has 7 heteroatoms. The Morgan fingerprint density at radius 2 is 2.17 bits per heavy atom. The van der Waals surface area contributed by atoms with Crippen molar-refractivity contribution >= 4 is 5.82 Å². The van der Waals surface area contributed by atoms with Crippen molar-refractivity contribution in [3.05, 3.63) is 29.8 Å². The van der Waals surface area contributed by atoms with Gasteiger partial charge in [0.2, 0.25) is 5.88 Å². The van der Waals surface area contributed by atoms with E-state index in [1.165, 1.54) is 0 Å². The van der Waals surface area contributed by atoms with Crippen molar-refractivity contribution in [3.63, 3.8) is 0 Å². The zero-order valence-corrected chi connectivity index (χ0v) is 9.84. The van der Waals surface area contributed by atoms with Crippen LogP contribution in [-0.4, -0.2) is 11.6 Å². The van der Waals surface area contributed by atoms with Crippen LogP contribution in [0.5, 0.6) is 5.88 Å². The van der Waals surface area contributed by atoms with Crippen molar-refractivity contribution in [1.29, 1.82) is 0 Å². The van der Waals surface area contributed by atoms with E-state index in [0.29, 0.717) is 6.42 Å². The SMILES string of the molecule is C=C(C)CCOc1cc(C(F)(F)F)cc(NN)n1. The first-order valence-corrected chi connectivity index (χ1v) is 5.16. The number of hydrogen-bond acceptors (Lipinski definition) is 4. The summed E-state index contributed by atoms with van der Waals surface area (Å²) in [4.78, 5) is 3.77. The van der Waals surface area contributed by atoms with Crippen LogP contribution in [0.25, 0.3) is 0 Å². The van der Waals surface area contributed by atoms with Crippen LogP contribution in [-0.2, 0) is 6.18 Å². The fourth-order valence-corrected chi connectivity index (χ4v) is 1.15. The molecule has 1 rings (SSSR count). The van der Waals surface area contributed by atoms with Gasteiger partial charge in [0.15, 0.2) is 0 Å². The number of nitrogens with two attached hydrogens (primary N) is 1. The Morgan fingerprint density at radius 1 is 1.50 bits per heavy atom. The smallest absolute Gasteiger partial charge is 0.416 e. The predicted molar refractivity (Wildman–Crippen MR) is 62.0 cm³/mol. The van der Waals surface area contributed by atoms with Gasteiger partial charge in [0, 0.05) is 12.5 Å². The highest BCUT2D eigenvalue weighted by Gasteiger charge is 2.31. The number of alkyl halides is 3. The molecule has 0 spiro atoms. The molecule has 0 aromatic carbocycles. The molecule has 0 unspecified atom stereocenters. The van der Waals surface area contributed by atoms with E-state index in [9.17, 15) is 13.2 Å².